The molecule has 1 aromatic carbocycles. The average Bonchev–Trinajstić information content (AvgIpc) is 2.47. The van der Waals surface area contributed by atoms with Crippen LogP contribution in [0, 0.1) is 5.41 Å². The number of hydrogen-bond donors (Lipinski definition) is 2. The molecule has 1 rings (SSSR count). The molecule has 0 aliphatic rings. The van der Waals surface area contributed by atoms with E-state index in [1.807, 2.05) is 58.9 Å². The summed E-state index contributed by atoms with van der Waals surface area (Å²) in [7, 11) is 0. The number of amides is 2. The van der Waals surface area contributed by atoms with Crippen LogP contribution in [-0.2, 0) is 9.59 Å². The maximum Gasteiger partial charge on any atom is 0.225 e. The van der Waals surface area contributed by atoms with Gasteiger partial charge in [0.1, 0.15) is 5.75 Å². The molecule has 1 atom stereocenters. The van der Waals surface area contributed by atoms with Crippen LogP contribution in [0.5, 0.6) is 5.75 Å². The van der Waals surface area contributed by atoms with Crippen LogP contribution in [0.2, 0.25) is 0 Å². The van der Waals surface area contributed by atoms with Crippen molar-refractivity contribution in [2.24, 2.45) is 5.41 Å². The van der Waals surface area contributed by atoms with Gasteiger partial charge in [0.05, 0.1) is 12.6 Å². The third-order valence-corrected chi connectivity index (χ3v) is 3.39. The third kappa shape index (κ3) is 6.72. The summed E-state index contributed by atoms with van der Waals surface area (Å²) in [5.41, 5.74) is 0.576. The summed E-state index contributed by atoms with van der Waals surface area (Å²) in [6.45, 7) is 10.4. The zero-order valence-electron chi connectivity index (χ0n) is 14.7. The fourth-order valence-electron chi connectivity index (χ4n) is 1.97. The summed E-state index contributed by atoms with van der Waals surface area (Å²) in [6, 6.07) is 7.58. The first-order valence-electron chi connectivity index (χ1n) is 8.04. The Balaban J connectivity index is 2.40. The maximum atomic E-state index is 11.9. The smallest absolute Gasteiger partial charge is 0.225 e. The number of benzene rings is 1. The standard InChI is InChI=1S/C18H28N2O3/c1-6-23-15-9-7-14(8-10-15)13(2)20-16(21)11-12-19-17(22)18(3,4)5/h7-10,13H,6,11-12H2,1-5H3,(H,19,22)(H,20,21). The zero-order valence-corrected chi connectivity index (χ0v) is 14.7. The SMILES string of the molecule is CCOc1ccc(C(C)NC(=O)CCNC(=O)C(C)(C)C)cc1. The topological polar surface area (TPSA) is 67.4 Å². The van der Waals surface area contributed by atoms with E-state index in [2.05, 4.69) is 10.6 Å². The van der Waals surface area contributed by atoms with Crippen LogP contribution in [0.15, 0.2) is 24.3 Å². The molecule has 1 aromatic rings. The Morgan fingerprint density at radius 1 is 1.17 bits per heavy atom. The Morgan fingerprint density at radius 2 is 1.78 bits per heavy atom. The van der Waals surface area contributed by atoms with E-state index in [0.29, 0.717) is 13.2 Å². The van der Waals surface area contributed by atoms with Crippen LogP contribution in [0.4, 0.5) is 0 Å². The highest BCUT2D eigenvalue weighted by molar-refractivity contribution is 5.82. The third-order valence-electron chi connectivity index (χ3n) is 3.39. The minimum absolute atomic E-state index is 0.0511. The van der Waals surface area contributed by atoms with E-state index in [1.54, 1.807) is 0 Å². The van der Waals surface area contributed by atoms with Gasteiger partial charge in [-0.3, -0.25) is 9.59 Å². The number of hydrogen-bond acceptors (Lipinski definition) is 3. The lowest BCUT2D eigenvalue weighted by Crippen LogP contribution is -2.37. The van der Waals surface area contributed by atoms with Crippen LogP contribution in [0.25, 0.3) is 0 Å². The number of ether oxygens (including phenoxy) is 1. The molecule has 0 aliphatic heterocycles. The minimum atomic E-state index is -0.438. The Labute approximate surface area is 138 Å². The summed E-state index contributed by atoms with van der Waals surface area (Å²) in [4.78, 5) is 23.7. The first-order chi connectivity index (χ1) is 10.7. The van der Waals surface area contributed by atoms with Gasteiger partial charge >= 0.3 is 0 Å². The Kier molecular flexibility index (Phi) is 7.07. The molecule has 0 fully saturated rings. The maximum absolute atomic E-state index is 11.9. The summed E-state index contributed by atoms with van der Waals surface area (Å²) in [5.74, 6) is 0.685. The van der Waals surface area contributed by atoms with Crippen molar-refractivity contribution in [3.05, 3.63) is 29.8 Å². The molecule has 0 bridgehead atoms. The molecule has 0 saturated carbocycles. The van der Waals surface area contributed by atoms with E-state index in [0.717, 1.165) is 11.3 Å². The highest BCUT2D eigenvalue weighted by Gasteiger charge is 2.20. The van der Waals surface area contributed by atoms with Gasteiger partial charge in [0.15, 0.2) is 0 Å². The van der Waals surface area contributed by atoms with Crippen LogP contribution >= 0.6 is 0 Å². The minimum Gasteiger partial charge on any atom is -0.494 e. The highest BCUT2D eigenvalue weighted by atomic mass is 16.5. The van der Waals surface area contributed by atoms with Crippen molar-refractivity contribution < 1.29 is 14.3 Å². The molecule has 1 unspecified atom stereocenters. The molecule has 0 aliphatic carbocycles. The van der Waals surface area contributed by atoms with Crippen LogP contribution in [-0.4, -0.2) is 25.0 Å². The fourth-order valence-corrected chi connectivity index (χ4v) is 1.97. The molecule has 128 valence electrons. The molecule has 5 heteroatoms. The molecule has 23 heavy (non-hydrogen) atoms. The molecule has 0 radical (unpaired) electrons. The van der Waals surface area contributed by atoms with Crippen molar-refractivity contribution in [2.45, 2.75) is 47.1 Å². The van der Waals surface area contributed by atoms with Crippen molar-refractivity contribution in [3.63, 3.8) is 0 Å². The largest absolute Gasteiger partial charge is 0.494 e. The van der Waals surface area contributed by atoms with Crippen molar-refractivity contribution in [1.82, 2.24) is 10.6 Å². The molecule has 0 aromatic heterocycles. The molecular formula is C18H28N2O3. The van der Waals surface area contributed by atoms with Gasteiger partial charge in [-0.2, -0.15) is 0 Å². The monoisotopic (exact) mass is 320 g/mol. The van der Waals surface area contributed by atoms with E-state index in [4.69, 9.17) is 4.74 Å². The summed E-state index contributed by atoms with van der Waals surface area (Å²) in [6.07, 6.45) is 0.267. The van der Waals surface area contributed by atoms with Gasteiger partial charge in [0.2, 0.25) is 11.8 Å². The Hall–Kier alpha value is -2.04. The second-order valence-electron chi connectivity index (χ2n) is 6.55. The van der Waals surface area contributed by atoms with Gasteiger partial charge in [-0.1, -0.05) is 32.9 Å². The van der Waals surface area contributed by atoms with Crippen LogP contribution in [0.1, 0.15) is 52.6 Å². The van der Waals surface area contributed by atoms with E-state index in [-0.39, 0.29) is 24.3 Å². The molecule has 2 N–H and O–H groups in total. The highest BCUT2D eigenvalue weighted by Crippen LogP contribution is 2.17. The van der Waals surface area contributed by atoms with Crippen LogP contribution < -0.4 is 15.4 Å². The predicted molar refractivity (Wildman–Crippen MR) is 91.3 cm³/mol. The lowest BCUT2D eigenvalue weighted by Gasteiger charge is -2.18. The van der Waals surface area contributed by atoms with Gasteiger partial charge in [0.25, 0.3) is 0 Å². The number of carbonyl (C=O) groups is 2. The number of nitrogens with one attached hydrogen (secondary N) is 2. The first kappa shape index (κ1) is 19.0. The van der Waals surface area contributed by atoms with Crippen molar-refractivity contribution in [2.75, 3.05) is 13.2 Å². The van der Waals surface area contributed by atoms with Gasteiger partial charge in [-0.25, -0.2) is 0 Å². The number of rotatable bonds is 7. The predicted octanol–water partition coefficient (Wildman–Crippen LogP) is 2.81. The summed E-state index contributed by atoms with van der Waals surface area (Å²) >= 11 is 0. The van der Waals surface area contributed by atoms with E-state index in [9.17, 15) is 9.59 Å². The van der Waals surface area contributed by atoms with Gasteiger partial charge in [0, 0.05) is 18.4 Å². The second-order valence-corrected chi connectivity index (χ2v) is 6.55. The van der Waals surface area contributed by atoms with Crippen molar-refractivity contribution in [1.29, 1.82) is 0 Å². The first-order valence-corrected chi connectivity index (χ1v) is 8.04. The van der Waals surface area contributed by atoms with Crippen molar-refractivity contribution in [3.8, 4) is 5.75 Å². The number of carbonyl (C=O) groups excluding carboxylic acids is 2. The fraction of sp³-hybridized carbons (Fsp3) is 0.556. The molecule has 0 heterocycles. The molecule has 5 nitrogen and oxygen atoms in total. The van der Waals surface area contributed by atoms with Crippen LogP contribution in [0.3, 0.4) is 0 Å². The molecule has 0 saturated heterocycles. The normalized spacial score (nSPS) is 12.4. The zero-order chi connectivity index (χ0) is 17.5. The van der Waals surface area contributed by atoms with Crippen molar-refractivity contribution >= 4 is 11.8 Å². The van der Waals surface area contributed by atoms with Gasteiger partial charge in [-0.05, 0) is 31.5 Å². The van der Waals surface area contributed by atoms with E-state index < -0.39 is 5.41 Å². The Bertz CT molecular complexity index is 518. The summed E-state index contributed by atoms with van der Waals surface area (Å²) < 4.78 is 5.40. The molecular weight excluding hydrogens is 292 g/mol. The molecule has 2 amide bonds. The van der Waals surface area contributed by atoms with Gasteiger partial charge in [-0.15, -0.1) is 0 Å². The van der Waals surface area contributed by atoms with E-state index in [1.165, 1.54) is 0 Å². The average molecular weight is 320 g/mol. The van der Waals surface area contributed by atoms with Gasteiger partial charge < -0.3 is 15.4 Å². The quantitative estimate of drug-likeness (QED) is 0.812. The summed E-state index contributed by atoms with van der Waals surface area (Å²) in [5, 5.41) is 5.70. The van der Waals surface area contributed by atoms with E-state index >= 15 is 0 Å². The second kappa shape index (κ2) is 8.56. The molecule has 0 spiro atoms. The lowest BCUT2D eigenvalue weighted by molar-refractivity contribution is -0.128. The Morgan fingerprint density at radius 3 is 2.30 bits per heavy atom. The lowest BCUT2D eigenvalue weighted by atomic mass is 9.96.